The summed E-state index contributed by atoms with van der Waals surface area (Å²) in [4.78, 5) is 50.1. The summed E-state index contributed by atoms with van der Waals surface area (Å²) in [6.07, 6.45) is 4.62. The van der Waals surface area contributed by atoms with Gasteiger partial charge in [0.05, 0.1) is 18.4 Å². The number of hydrogen-bond acceptors (Lipinski definition) is 5. The van der Waals surface area contributed by atoms with Crippen LogP contribution in [-0.2, 0) is 19.1 Å². The van der Waals surface area contributed by atoms with Gasteiger partial charge in [-0.25, -0.2) is 4.79 Å². The van der Waals surface area contributed by atoms with Gasteiger partial charge in [0, 0.05) is 6.54 Å². The summed E-state index contributed by atoms with van der Waals surface area (Å²) in [6, 6.07) is 7.71. The average molecular weight is 502 g/mol. The maximum atomic E-state index is 13.4. The van der Waals surface area contributed by atoms with Crippen molar-refractivity contribution in [2.75, 3.05) is 6.54 Å². The number of aliphatic carboxylic acids is 1. The second kappa shape index (κ2) is 13.3. The van der Waals surface area contributed by atoms with Gasteiger partial charge in [0.1, 0.15) is 12.1 Å². The molecular formula is C27H39N3O6. The number of carbonyl (C=O) groups excluding carboxylic acids is 3. The molecule has 3 rings (SSSR count). The number of ether oxygens (including phenoxy) is 1. The summed E-state index contributed by atoms with van der Waals surface area (Å²) in [6.45, 7) is 4.36. The molecule has 1 aromatic rings. The number of carbonyl (C=O) groups is 4. The van der Waals surface area contributed by atoms with Crippen LogP contribution < -0.4 is 16.0 Å². The predicted octanol–water partition coefficient (Wildman–Crippen LogP) is 3.54. The molecule has 1 saturated carbocycles. The molecule has 2 unspecified atom stereocenters. The third kappa shape index (κ3) is 7.96. The molecule has 3 amide bonds. The maximum Gasteiger partial charge on any atom is 0.408 e. The van der Waals surface area contributed by atoms with Crippen LogP contribution >= 0.6 is 0 Å². The summed E-state index contributed by atoms with van der Waals surface area (Å²) < 4.78 is 5.77. The van der Waals surface area contributed by atoms with Crippen molar-refractivity contribution >= 4 is 23.9 Å². The van der Waals surface area contributed by atoms with E-state index in [1.807, 2.05) is 44.2 Å². The minimum absolute atomic E-state index is 0.0181. The largest absolute Gasteiger partial charge is 0.481 e. The lowest BCUT2D eigenvalue weighted by Crippen LogP contribution is -2.53. The van der Waals surface area contributed by atoms with E-state index in [1.165, 1.54) is 0 Å². The molecule has 0 bridgehead atoms. The van der Waals surface area contributed by atoms with E-state index < -0.39 is 42.1 Å². The van der Waals surface area contributed by atoms with Gasteiger partial charge in [-0.2, -0.15) is 0 Å². The molecule has 2 aliphatic rings. The van der Waals surface area contributed by atoms with Crippen molar-refractivity contribution in [2.24, 2.45) is 17.8 Å². The van der Waals surface area contributed by atoms with E-state index in [0.29, 0.717) is 19.4 Å². The number of carboxylic acids is 1. The van der Waals surface area contributed by atoms with Crippen LogP contribution in [0, 0.1) is 17.8 Å². The second-order valence-corrected chi connectivity index (χ2v) is 10.3. The lowest BCUT2D eigenvalue weighted by atomic mass is 9.84. The molecule has 0 radical (unpaired) electrons. The van der Waals surface area contributed by atoms with E-state index in [-0.39, 0.29) is 24.2 Å². The number of benzene rings is 1. The number of rotatable bonds is 11. The van der Waals surface area contributed by atoms with E-state index in [2.05, 4.69) is 16.0 Å². The number of nitrogens with one attached hydrogen (secondary N) is 3. The first-order valence-corrected chi connectivity index (χ1v) is 13.1. The molecular weight excluding hydrogens is 462 g/mol. The van der Waals surface area contributed by atoms with Gasteiger partial charge in [-0.1, -0.05) is 76.3 Å². The molecule has 4 N–H and O–H groups in total. The van der Waals surface area contributed by atoms with Crippen molar-refractivity contribution < 1.29 is 29.0 Å². The molecule has 198 valence electrons. The Morgan fingerprint density at radius 3 is 2.33 bits per heavy atom. The molecule has 9 heteroatoms. The Kier molecular flexibility index (Phi) is 10.1. The van der Waals surface area contributed by atoms with E-state index in [0.717, 1.165) is 37.7 Å². The highest BCUT2D eigenvalue weighted by molar-refractivity contribution is 5.88. The molecule has 1 aromatic carbocycles. The van der Waals surface area contributed by atoms with Gasteiger partial charge in [-0.3, -0.25) is 14.4 Å². The zero-order valence-electron chi connectivity index (χ0n) is 21.2. The Morgan fingerprint density at radius 1 is 1.06 bits per heavy atom. The van der Waals surface area contributed by atoms with Crippen molar-refractivity contribution in [3.05, 3.63) is 35.9 Å². The van der Waals surface area contributed by atoms with Crippen LogP contribution in [0.3, 0.4) is 0 Å². The number of hydrogen-bond donors (Lipinski definition) is 4. The van der Waals surface area contributed by atoms with Crippen molar-refractivity contribution in [1.82, 2.24) is 16.0 Å². The Labute approximate surface area is 212 Å². The summed E-state index contributed by atoms with van der Waals surface area (Å²) in [7, 11) is 0. The van der Waals surface area contributed by atoms with Crippen molar-refractivity contribution in [2.45, 2.75) is 83.4 Å². The van der Waals surface area contributed by atoms with Gasteiger partial charge in [0.15, 0.2) is 0 Å². The van der Waals surface area contributed by atoms with Crippen molar-refractivity contribution in [3.63, 3.8) is 0 Å². The fourth-order valence-electron chi connectivity index (χ4n) is 5.27. The zero-order chi connectivity index (χ0) is 26.1. The van der Waals surface area contributed by atoms with Crippen LogP contribution in [0.5, 0.6) is 0 Å². The topological polar surface area (TPSA) is 134 Å². The Bertz CT molecular complexity index is 900. The normalized spacial score (nSPS) is 20.8. The highest BCUT2D eigenvalue weighted by Gasteiger charge is 2.37. The van der Waals surface area contributed by atoms with Crippen LogP contribution in [0.15, 0.2) is 30.3 Å². The van der Waals surface area contributed by atoms with Gasteiger partial charge in [-0.15, -0.1) is 0 Å². The van der Waals surface area contributed by atoms with Gasteiger partial charge in [0.25, 0.3) is 0 Å². The van der Waals surface area contributed by atoms with Gasteiger partial charge in [-0.05, 0) is 30.2 Å². The molecule has 4 atom stereocenters. The summed E-state index contributed by atoms with van der Waals surface area (Å²) in [5, 5.41) is 17.6. The molecule has 36 heavy (non-hydrogen) atoms. The third-order valence-corrected chi connectivity index (χ3v) is 7.17. The Balaban J connectivity index is 1.73. The van der Waals surface area contributed by atoms with E-state index in [9.17, 15) is 24.3 Å². The smallest absolute Gasteiger partial charge is 0.408 e. The number of carboxylic acid groups (broad SMARTS) is 1. The van der Waals surface area contributed by atoms with Crippen LogP contribution in [0.4, 0.5) is 4.79 Å². The minimum atomic E-state index is -1.10. The molecule has 2 fully saturated rings. The van der Waals surface area contributed by atoms with Crippen LogP contribution in [-0.4, -0.2) is 47.6 Å². The molecule has 1 aliphatic heterocycles. The van der Waals surface area contributed by atoms with E-state index in [4.69, 9.17) is 4.74 Å². The van der Waals surface area contributed by atoms with Crippen LogP contribution in [0.2, 0.25) is 0 Å². The average Bonchev–Trinajstić information content (AvgIpc) is 3.28. The van der Waals surface area contributed by atoms with E-state index in [1.54, 1.807) is 0 Å². The van der Waals surface area contributed by atoms with Crippen LogP contribution in [0.1, 0.15) is 76.9 Å². The quantitative estimate of drug-likeness (QED) is 0.366. The van der Waals surface area contributed by atoms with Crippen LogP contribution in [0.25, 0.3) is 0 Å². The highest BCUT2D eigenvalue weighted by Crippen LogP contribution is 2.29. The van der Waals surface area contributed by atoms with Crippen molar-refractivity contribution in [3.8, 4) is 0 Å². The number of alkyl carbamates (subject to hydrolysis) is 1. The van der Waals surface area contributed by atoms with Gasteiger partial charge >= 0.3 is 12.1 Å². The summed E-state index contributed by atoms with van der Waals surface area (Å²) >= 11 is 0. The minimum Gasteiger partial charge on any atom is -0.481 e. The molecule has 1 saturated heterocycles. The fourth-order valence-corrected chi connectivity index (χ4v) is 5.27. The maximum absolute atomic E-state index is 13.4. The van der Waals surface area contributed by atoms with Gasteiger partial charge in [0.2, 0.25) is 11.8 Å². The highest BCUT2D eigenvalue weighted by atomic mass is 16.6. The third-order valence-electron chi connectivity index (χ3n) is 7.17. The molecule has 1 heterocycles. The number of amides is 3. The zero-order valence-corrected chi connectivity index (χ0v) is 21.2. The second-order valence-electron chi connectivity index (χ2n) is 10.3. The summed E-state index contributed by atoms with van der Waals surface area (Å²) in [5.74, 6) is -2.17. The first-order valence-electron chi connectivity index (χ1n) is 13.1. The SMILES string of the molecule is CC(C)C(OC(=O)N[C@@H](CC1CCCCC1)C(=O)NC(CC(=O)O)[C@@H]1CCNC1=O)c1ccccc1. The summed E-state index contributed by atoms with van der Waals surface area (Å²) in [5.41, 5.74) is 0.865. The van der Waals surface area contributed by atoms with Gasteiger partial charge < -0.3 is 25.8 Å². The Hall–Kier alpha value is -3.10. The predicted molar refractivity (Wildman–Crippen MR) is 134 cm³/mol. The standard InChI is InChI=1S/C27H39N3O6/c1-17(2)24(19-11-7-4-8-12-19)36-27(35)30-22(15-18-9-5-3-6-10-18)26(34)29-21(16-23(31)32)20-13-14-28-25(20)33/h4,7-8,11-12,17-18,20-22,24H,3,5-6,9-10,13-16H2,1-2H3,(H,28,33)(H,29,34)(H,30,35)(H,31,32)/t20-,21?,22-,24?/m0/s1. The monoisotopic (exact) mass is 501 g/mol. The van der Waals surface area contributed by atoms with E-state index >= 15 is 0 Å². The fraction of sp³-hybridized carbons (Fsp3) is 0.630. The molecule has 0 aromatic heterocycles. The lowest BCUT2D eigenvalue weighted by Gasteiger charge is -2.30. The Morgan fingerprint density at radius 2 is 1.75 bits per heavy atom. The molecule has 9 nitrogen and oxygen atoms in total. The lowest BCUT2D eigenvalue weighted by molar-refractivity contribution is -0.138. The first kappa shape index (κ1) is 27.5. The first-order chi connectivity index (χ1) is 17.2. The van der Waals surface area contributed by atoms with Crippen molar-refractivity contribution in [1.29, 1.82) is 0 Å². The molecule has 0 spiro atoms. The molecule has 1 aliphatic carbocycles.